The van der Waals surface area contributed by atoms with Gasteiger partial charge in [-0.25, -0.2) is 0 Å². The number of methoxy groups -OCH3 is 3. The van der Waals surface area contributed by atoms with E-state index in [0.29, 0.717) is 23.2 Å². The first-order valence-electron chi connectivity index (χ1n) is 7.84. The lowest BCUT2D eigenvalue weighted by molar-refractivity contribution is 0.323. The summed E-state index contributed by atoms with van der Waals surface area (Å²) in [6.07, 6.45) is 0. The lowest BCUT2D eigenvalue weighted by Gasteiger charge is -2.16. The Labute approximate surface area is 152 Å². The first-order chi connectivity index (χ1) is 11.6. The lowest BCUT2D eigenvalue weighted by Crippen LogP contribution is -2.19. The standard InChI is InChI=1S/C19H24BrNO3/c1-13(15-6-5-7-16(20)10-15)11-21-12-14-8-17(22-2)19(24-4)18(9-14)23-3/h5-10,13,21H,11-12H2,1-4H3/t13-/m0/s1. The van der Waals surface area contributed by atoms with E-state index in [-0.39, 0.29) is 0 Å². The summed E-state index contributed by atoms with van der Waals surface area (Å²) < 4.78 is 17.2. The van der Waals surface area contributed by atoms with E-state index in [2.05, 4.69) is 46.4 Å². The van der Waals surface area contributed by atoms with Crippen LogP contribution in [0, 0.1) is 0 Å². The molecule has 5 heteroatoms. The number of benzene rings is 2. The fraction of sp³-hybridized carbons (Fsp3) is 0.368. The van der Waals surface area contributed by atoms with Crippen LogP contribution in [-0.4, -0.2) is 27.9 Å². The largest absolute Gasteiger partial charge is 0.493 e. The molecule has 0 saturated heterocycles. The average molecular weight is 394 g/mol. The molecule has 0 saturated carbocycles. The van der Waals surface area contributed by atoms with Crippen LogP contribution in [0.4, 0.5) is 0 Å². The fourth-order valence-electron chi connectivity index (χ4n) is 2.60. The Morgan fingerprint density at radius 3 is 2.21 bits per heavy atom. The predicted octanol–water partition coefficient (Wildman–Crippen LogP) is 4.37. The Morgan fingerprint density at radius 1 is 1.00 bits per heavy atom. The zero-order chi connectivity index (χ0) is 17.5. The molecule has 0 spiro atoms. The molecule has 0 heterocycles. The quantitative estimate of drug-likeness (QED) is 0.722. The SMILES string of the molecule is COc1cc(CNC[C@H](C)c2cccc(Br)c2)cc(OC)c1OC. The van der Waals surface area contributed by atoms with Crippen molar-refractivity contribution in [3.8, 4) is 17.2 Å². The van der Waals surface area contributed by atoms with Gasteiger partial charge in [0.05, 0.1) is 21.3 Å². The summed E-state index contributed by atoms with van der Waals surface area (Å²) in [6, 6.07) is 12.4. The van der Waals surface area contributed by atoms with Crippen LogP contribution in [0.15, 0.2) is 40.9 Å². The van der Waals surface area contributed by atoms with Crippen LogP contribution in [0.5, 0.6) is 17.2 Å². The molecule has 0 aliphatic heterocycles. The summed E-state index contributed by atoms with van der Waals surface area (Å²) in [5, 5.41) is 3.49. The van der Waals surface area contributed by atoms with E-state index < -0.39 is 0 Å². The lowest BCUT2D eigenvalue weighted by atomic mass is 10.0. The zero-order valence-electron chi connectivity index (χ0n) is 14.6. The Morgan fingerprint density at radius 2 is 1.67 bits per heavy atom. The molecule has 0 unspecified atom stereocenters. The monoisotopic (exact) mass is 393 g/mol. The molecule has 2 aromatic carbocycles. The summed E-state index contributed by atoms with van der Waals surface area (Å²) in [5.74, 6) is 2.39. The number of nitrogens with one attached hydrogen (secondary N) is 1. The van der Waals surface area contributed by atoms with Crippen molar-refractivity contribution in [3.05, 3.63) is 52.0 Å². The smallest absolute Gasteiger partial charge is 0.203 e. The normalized spacial score (nSPS) is 11.9. The van der Waals surface area contributed by atoms with Crippen LogP contribution in [0.1, 0.15) is 24.0 Å². The number of hydrogen-bond donors (Lipinski definition) is 1. The Kier molecular flexibility index (Phi) is 6.94. The van der Waals surface area contributed by atoms with Gasteiger partial charge in [0.2, 0.25) is 5.75 Å². The molecular formula is C19H24BrNO3. The second-order valence-electron chi connectivity index (χ2n) is 5.62. The van der Waals surface area contributed by atoms with E-state index in [4.69, 9.17) is 14.2 Å². The van der Waals surface area contributed by atoms with Gasteiger partial charge in [0.15, 0.2) is 11.5 Å². The number of hydrogen-bond acceptors (Lipinski definition) is 4. The molecule has 4 nitrogen and oxygen atoms in total. The van der Waals surface area contributed by atoms with Crippen LogP contribution in [0.2, 0.25) is 0 Å². The van der Waals surface area contributed by atoms with E-state index in [1.165, 1.54) is 5.56 Å². The maximum Gasteiger partial charge on any atom is 0.203 e. The number of rotatable bonds is 8. The molecule has 0 aliphatic rings. The van der Waals surface area contributed by atoms with Gasteiger partial charge in [0, 0.05) is 17.6 Å². The third-order valence-electron chi connectivity index (χ3n) is 3.92. The van der Waals surface area contributed by atoms with E-state index in [1.807, 2.05) is 18.2 Å². The van der Waals surface area contributed by atoms with E-state index in [9.17, 15) is 0 Å². The molecular weight excluding hydrogens is 370 g/mol. The zero-order valence-corrected chi connectivity index (χ0v) is 16.1. The molecule has 0 radical (unpaired) electrons. The molecule has 0 amide bonds. The van der Waals surface area contributed by atoms with Crippen molar-refractivity contribution in [1.29, 1.82) is 0 Å². The van der Waals surface area contributed by atoms with Crippen molar-refractivity contribution in [1.82, 2.24) is 5.32 Å². The number of halogens is 1. The second-order valence-corrected chi connectivity index (χ2v) is 6.54. The van der Waals surface area contributed by atoms with Gasteiger partial charge in [0.25, 0.3) is 0 Å². The minimum atomic E-state index is 0.421. The third kappa shape index (κ3) is 4.65. The van der Waals surface area contributed by atoms with Gasteiger partial charge >= 0.3 is 0 Å². The summed E-state index contributed by atoms with van der Waals surface area (Å²) in [4.78, 5) is 0. The van der Waals surface area contributed by atoms with Crippen molar-refractivity contribution in [2.45, 2.75) is 19.4 Å². The Hall–Kier alpha value is -1.72. The highest BCUT2D eigenvalue weighted by molar-refractivity contribution is 9.10. The molecule has 24 heavy (non-hydrogen) atoms. The molecule has 0 aromatic heterocycles. The molecule has 2 aromatic rings. The van der Waals surface area contributed by atoms with Crippen LogP contribution in [-0.2, 0) is 6.54 Å². The van der Waals surface area contributed by atoms with Gasteiger partial charge in [-0.2, -0.15) is 0 Å². The highest BCUT2D eigenvalue weighted by Crippen LogP contribution is 2.38. The van der Waals surface area contributed by atoms with Crippen LogP contribution < -0.4 is 19.5 Å². The van der Waals surface area contributed by atoms with Gasteiger partial charge in [-0.3, -0.25) is 0 Å². The topological polar surface area (TPSA) is 39.7 Å². The van der Waals surface area contributed by atoms with Gasteiger partial charge in [-0.05, 0) is 41.3 Å². The molecule has 1 N–H and O–H groups in total. The average Bonchev–Trinajstić information content (AvgIpc) is 2.60. The maximum atomic E-state index is 5.39. The summed E-state index contributed by atoms with van der Waals surface area (Å²) in [5.41, 5.74) is 2.40. The molecule has 0 bridgehead atoms. The van der Waals surface area contributed by atoms with E-state index in [0.717, 1.165) is 23.1 Å². The maximum absolute atomic E-state index is 5.39. The van der Waals surface area contributed by atoms with E-state index in [1.54, 1.807) is 21.3 Å². The molecule has 130 valence electrons. The Balaban J connectivity index is 2.01. The minimum Gasteiger partial charge on any atom is -0.493 e. The van der Waals surface area contributed by atoms with Crippen LogP contribution in [0.3, 0.4) is 0 Å². The molecule has 1 atom stereocenters. The second kappa shape index (κ2) is 8.94. The van der Waals surface area contributed by atoms with Gasteiger partial charge in [-0.15, -0.1) is 0 Å². The van der Waals surface area contributed by atoms with Crippen molar-refractivity contribution >= 4 is 15.9 Å². The highest BCUT2D eigenvalue weighted by atomic mass is 79.9. The highest BCUT2D eigenvalue weighted by Gasteiger charge is 2.13. The van der Waals surface area contributed by atoms with Crippen molar-refractivity contribution in [2.75, 3.05) is 27.9 Å². The molecule has 0 aliphatic carbocycles. The van der Waals surface area contributed by atoms with E-state index >= 15 is 0 Å². The van der Waals surface area contributed by atoms with Gasteiger partial charge in [-0.1, -0.05) is 35.0 Å². The fourth-order valence-corrected chi connectivity index (χ4v) is 3.02. The first kappa shape index (κ1) is 18.6. The summed E-state index contributed by atoms with van der Waals surface area (Å²) >= 11 is 3.52. The Bertz CT molecular complexity index is 650. The molecule has 2 rings (SSSR count). The minimum absolute atomic E-state index is 0.421. The molecule has 0 fully saturated rings. The predicted molar refractivity (Wildman–Crippen MR) is 100 cm³/mol. The number of ether oxygens (including phenoxy) is 3. The van der Waals surface area contributed by atoms with Gasteiger partial charge < -0.3 is 19.5 Å². The van der Waals surface area contributed by atoms with Crippen molar-refractivity contribution < 1.29 is 14.2 Å². The van der Waals surface area contributed by atoms with Crippen LogP contribution in [0.25, 0.3) is 0 Å². The summed E-state index contributed by atoms with van der Waals surface area (Å²) in [7, 11) is 4.87. The summed E-state index contributed by atoms with van der Waals surface area (Å²) in [6.45, 7) is 3.83. The van der Waals surface area contributed by atoms with Crippen LogP contribution >= 0.6 is 15.9 Å². The third-order valence-corrected chi connectivity index (χ3v) is 4.42. The van der Waals surface area contributed by atoms with Crippen molar-refractivity contribution in [3.63, 3.8) is 0 Å². The van der Waals surface area contributed by atoms with Gasteiger partial charge in [0.1, 0.15) is 0 Å². The first-order valence-corrected chi connectivity index (χ1v) is 8.63. The van der Waals surface area contributed by atoms with Crippen molar-refractivity contribution in [2.24, 2.45) is 0 Å².